The summed E-state index contributed by atoms with van der Waals surface area (Å²) < 4.78 is 0.986. The number of halogens is 1. The molecule has 1 heterocycles. The van der Waals surface area contributed by atoms with Crippen molar-refractivity contribution in [1.29, 1.82) is 0 Å². The van der Waals surface area contributed by atoms with Crippen LogP contribution in [0.25, 0.3) is 0 Å². The highest BCUT2D eigenvalue weighted by molar-refractivity contribution is 9.10. The van der Waals surface area contributed by atoms with E-state index in [4.69, 9.17) is 0 Å². The second kappa shape index (κ2) is 3.92. The molecule has 1 N–H and O–H groups in total. The van der Waals surface area contributed by atoms with E-state index in [-0.39, 0.29) is 11.3 Å². The average Bonchev–Trinajstić information content (AvgIpc) is 2.50. The Morgan fingerprint density at radius 1 is 1.43 bits per heavy atom. The number of hydrogen-bond donors (Lipinski definition) is 1. The van der Waals surface area contributed by atoms with Gasteiger partial charge in [-0.15, -0.1) is 11.8 Å². The molecule has 0 radical (unpaired) electrons. The van der Waals surface area contributed by atoms with Crippen LogP contribution in [0.2, 0.25) is 0 Å². The minimum atomic E-state index is -0.254. The van der Waals surface area contributed by atoms with E-state index in [2.05, 4.69) is 15.9 Å². The van der Waals surface area contributed by atoms with Crippen molar-refractivity contribution in [3.8, 4) is 0 Å². The molecule has 1 aromatic rings. The smallest absolute Gasteiger partial charge is 0.257 e. The van der Waals surface area contributed by atoms with Gasteiger partial charge < -0.3 is 0 Å². The Morgan fingerprint density at radius 3 is 2.57 bits per heavy atom. The maximum atomic E-state index is 11.1. The summed E-state index contributed by atoms with van der Waals surface area (Å²) in [5.41, 5.74) is 0.937. The molecule has 2 rings (SSSR count). The second-order valence-electron chi connectivity index (χ2n) is 2.95. The van der Waals surface area contributed by atoms with Crippen LogP contribution in [0.1, 0.15) is 10.9 Å². The molecule has 1 aromatic carbocycles. The van der Waals surface area contributed by atoms with Gasteiger partial charge in [0.15, 0.2) is 0 Å². The summed E-state index contributed by atoms with van der Waals surface area (Å²) in [5, 5.41) is 9.98. The first-order valence-corrected chi connectivity index (χ1v) is 5.90. The molecule has 1 aliphatic rings. The molecule has 0 aromatic heterocycles. The summed E-state index contributed by atoms with van der Waals surface area (Å²) in [6, 6.07) is 7.58. The highest BCUT2D eigenvalue weighted by Gasteiger charge is 2.31. The van der Waals surface area contributed by atoms with Gasteiger partial charge in [0.25, 0.3) is 5.91 Å². The van der Waals surface area contributed by atoms with Gasteiger partial charge in [-0.3, -0.25) is 10.0 Å². The molecule has 0 unspecified atom stereocenters. The molecular formula is C9H8BrNO2S. The van der Waals surface area contributed by atoms with Crippen LogP contribution in [-0.4, -0.2) is 21.9 Å². The van der Waals surface area contributed by atoms with Gasteiger partial charge in [0.1, 0.15) is 5.37 Å². The van der Waals surface area contributed by atoms with Gasteiger partial charge in [-0.2, -0.15) is 0 Å². The van der Waals surface area contributed by atoms with Crippen molar-refractivity contribution in [2.24, 2.45) is 0 Å². The summed E-state index contributed by atoms with van der Waals surface area (Å²) in [5.74, 6) is 0.111. The fourth-order valence-corrected chi connectivity index (χ4v) is 2.59. The molecule has 0 aliphatic carbocycles. The first-order valence-electron chi connectivity index (χ1n) is 4.06. The summed E-state index contributed by atoms with van der Waals surface area (Å²) in [7, 11) is 0. The van der Waals surface area contributed by atoms with Gasteiger partial charge in [0.2, 0.25) is 0 Å². The van der Waals surface area contributed by atoms with E-state index in [0.717, 1.165) is 15.1 Å². The molecule has 14 heavy (non-hydrogen) atoms. The average molecular weight is 274 g/mol. The van der Waals surface area contributed by atoms with E-state index in [1.807, 2.05) is 24.3 Å². The number of amides is 1. The fraction of sp³-hybridized carbons (Fsp3) is 0.222. The second-order valence-corrected chi connectivity index (χ2v) is 4.94. The van der Waals surface area contributed by atoms with Crippen LogP contribution >= 0.6 is 27.7 Å². The highest BCUT2D eigenvalue weighted by Crippen LogP contribution is 2.37. The summed E-state index contributed by atoms with van der Waals surface area (Å²) in [6.45, 7) is 0. The molecule has 0 bridgehead atoms. The number of benzene rings is 1. The van der Waals surface area contributed by atoms with Gasteiger partial charge in [0.05, 0.1) is 5.75 Å². The maximum absolute atomic E-state index is 11.1. The lowest BCUT2D eigenvalue weighted by molar-refractivity contribution is -0.162. The predicted molar refractivity (Wildman–Crippen MR) is 58.0 cm³/mol. The van der Waals surface area contributed by atoms with Crippen molar-refractivity contribution in [3.63, 3.8) is 0 Å². The van der Waals surface area contributed by atoms with Crippen molar-refractivity contribution in [2.45, 2.75) is 5.37 Å². The quantitative estimate of drug-likeness (QED) is 0.799. The number of hydroxylamine groups is 2. The molecule has 3 nitrogen and oxygen atoms in total. The number of thioether (sulfide) groups is 1. The third-order valence-corrected chi connectivity index (χ3v) is 3.73. The number of carbonyl (C=O) groups is 1. The van der Waals surface area contributed by atoms with E-state index in [1.54, 1.807) is 0 Å². The number of nitrogens with zero attached hydrogens (tertiary/aromatic N) is 1. The Balaban J connectivity index is 2.23. The zero-order valence-corrected chi connectivity index (χ0v) is 9.59. The molecule has 1 fully saturated rings. The SMILES string of the molecule is O=C1CS[C@H](c2ccc(Br)cc2)N1O. The minimum Gasteiger partial charge on any atom is -0.284 e. The summed E-state index contributed by atoms with van der Waals surface area (Å²) >= 11 is 4.76. The van der Waals surface area contributed by atoms with Crippen LogP contribution in [0.4, 0.5) is 0 Å². The van der Waals surface area contributed by atoms with E-state index in [9.17, 15) is 10.0 Å². The zero-order chi connectivity index (χ0) is 10.1. The first kappa shape index (κ1) is 10.0. The zero-order valence-electron chi connectivity index (χ0n) is 7.18. The molecule has 1 saturated heterocycles. The molecule has 0 saturated carbocycles. The Morgan fingerprint density at radius 2 is 2.07 bits per heavy atom. The Bertz CT molecular complexity index is 354. The summed E-state index contributed by atoms with van der Waals surface area (Å²) in [6.07, 6.45) is 0. The summed E-state index contributed by atoms with van der Waals surface area (Å²) in [4.78, 5) is 11.1. The van der Waals surface area contributed by atoms with Crippen molar-refractivity contribution in [1.82, 2.24) is 5.06 Å². The normalized spacial score (nSPS) is 21.7. The van der Waals surface area contributed by atoms with Crippen molar-refractivity contribution in [2.75, 3.05) is 5.75 Å². The lowest BCUT2D eigenvalue weighted by Gasteiger charge is -2.16. The van der Waals surface area contributed by atoms with Crippen LogP contribution in [0.15, 0.2) is 28.7 Å². The lowest BCUT2D eigenvalue weighted by Crippen LogP contribution is -2.23. The van der Waals surface area contributed by atoms with Gasteiger partial charge in [0, 0.05) is 4.47 Å². The van der Waals surface area contributed by atoms with Crippen LogP contribution < -0.4 is 0 Å². The van der Waals surface area contributed by atoms with Gasteiger partial charge >= 0.3 is 0 Å². The fourth-order valence-electron chi connectivity index (χ4n) is 1.28. The third kappa shape index (κ3) is 1.80. The van der Waals surface area contributed by atoms with Gasteiger partial charge in [-0.25, -0.2) is 5.06 Å². The molecular weight excluding hydrogens is 266 g/mol. The largest absolute Gasteiger partial charge is 0.284 e. The van der Waals surface area contributed by atoms with Gasteiger partial charge in [-0.05, 0) is 17.7 Å². The van der Waals surface area contributed by atoms with Crippen molar-refractivity contribution in [3.05, 3.63) is 34.3 Å². The van der Waals surface area contributed by atoms with E-state index >= 15 is 0 Å². The maximum Gasteiger partial charge on any atom is 0.257 e. The van der Waals surface area contributed by atoms with Crippen LogP contribution in [0.3, 0.4) is 0 Å². The number of rotatable bonds is 1. The Labute approximate surface area is 94.2 Å². The standard InChI is InChI=1S/C9H8BrNO2S/c10-7-3-1-6(2-4-7)9-11(13)8(12)5-14-9/h1-4,9,13H,5H2/t9-/m1/s1. The van der Waals surface area contributed by atoms with Gasteiger partial charge in [-0.1, -0.05) is 28.1 Å². The molecule has 5 heteroatoms. The molecule has 1 aliphatic heterocycles. The Hall–Kier alpha value is -0.520. The predicted octanol–water partition coefficient (Wildman–Crippen LogP) is 2.41. The lowest BCUT2D eigenvalue weighted by atomic mass is 10.2. The van der Waals surface area contributed by atoms with E-state index in [0.29, 0.717) is 5.75 Å². The Kier molecular flexibility index (Phi) is 2.80. The number of hydrogen-bond acceptors (Lipinski definition) is 3. The van der Waals surface area contributed by atoms with Crippen molar-refractivity contribution < 1.29 is 10.0 Å². The van der Waals surface area contributed by atoms with Crippen molar-refractivity contribution >= 4 is 33.6 Å². The minimum absolute atomic E-state index is 0.233. The monoisotopic (exact) mass is 273 g/mol. The van der Waals surface area contributed by atoms with Crippen LogP contribution in [0, 0.1) is 0 Å². The highest BCUT2D eigenvalue weighted by atomic mass is 79.9. The molecule has 0 spiro atoms. The number of carbonyl (C=O) groups excluding carboxylic acids is 1. The first-order chi connectivity index (χ1) is 6.68. The topological polar surface area (TPSA) is 40.5 Å². The molecule has 1 atom stereocenters. The van der Waals surface area contributed by atoms with Crippen LogP contribution in [0.5, 0.6) is 0 Å². The van der Waals surface area contributed by atoms with E-state index < -0.39 is 0 Å². The van der Waals surface area contributed by atoms with Crippen LogP contribution in [-0.2, 0) is 4.79 Å². The van der Waals surface area contributed by atoms with E-state index in [1.165, 1.54) is 11.8 Å². The molecule has 74 valence electrons. The third-order valence-electron chi connectivity index (χ3n) is 2.00. The molecule has 1 amide bonds.